The van der Waals surface area contributed by atoms with Crippen molar-refractivity contribution in [2.24, 2.45) is 0 Å². The lowest BCUT2D eigenvalue weighted by Gasteiger charge is -2.32. The van der Waals surface area contributed by atoms with Gasteiger partial charge in [0, 0.05) is 36.8 Å². The van der Waals surface area contributed by atoms with E-state index in [1.165, 1.54) is 6.92 Å². The molecule has 1 atom stereocenters. The van der Waals surface area contributed by atoms with E-state index in [9.17, 15) is 9.90 Å². The number of hydrogen-bond acceptors (Lipinski definition) is 5. The molecule has 0 unspecified atom stereocenters. The fourth-order valence-corrected chi connectivity index (χ4v) is 3.48. The summed E-state index contributed by atoms with van der Waals surface area (Å²) in [7, 11) is 0. The Balaban J connectivity index is 1.64. The highest BCUT2D eigenvalue weighted by molar-refractivity contribution is 7.07. The van der Waals surface area contributed by atoms with Gasteiger partial charge in [0.15, 0.2) is 0 Å². The van der Waals surface area contributed by atoms with Crippen molar-refractivity contribution in [3.63, 3.8) is 0 Å². The molecular formula is C15H20N4O2S. The Bertz CT molecular complexity index is 615. The SMILES string of the molecule is C[C@@H](O)C(=O)N1CCC(c2nccn2Cc2cscn2)CC1. The fraction of sp³-hybridized carbons (Fsp3) is 0.533. The number of piperidine rings is 1. The quantitative estimate of drug-likeness (QED) is 0.926. The lowest BCUT2D eigenvalue weighted by Crippen LogP contribution is -2.42. The first kappa shape index (κ1) is 15.2. The van der Waals surface area contributed by atoms with Crippen molar-refractivity contribution in [2.75, 3.05) is 13.1 Å². The Labute approximate surface area is 133 Å². The minimum Gasteiger partial charge on any atom is -0.384 e. The van der Waals surface area contributed by atoms with Crippen molar-refractivity contribution in [1.29, 1.82) is 0 Å². The first-order valence-corrected chi connectivity index (χ1v) is 8.44. The molecule has 1 N–H and O–H groups in total. The van der Waals surface area contributed by atoms with Crippen molar-refractivity contribution in [3.05, 3.63) is 34.8 Å². The van der Waals surface area contributed by atoms with Crippen LogP contribution in [-0.4, -0.2) is 49.6 Å². The number of amides is 1. The highest BCUT2D eigenvalue weighted by Gasteiger charge is 2.27. The van der Waals surface area contributed by atoms with Crippen LogP contribution in [0, 0.1) is 0 Å². The van der Waals surface area contributed by atoms with E-state index >= 15 is 0 Å². The predicted molar refractivity (Wildman–Crippen MR) is 83.7 cm³/mol. The number of aliphatic hydroxyl groups excluding tert-OH is 1. The van der Waals surface area contributed by atoms with Crippen LogP contribution in [0.15, 0.2) is 23.3 Å². The number of nitrogens with zero attached hydrogens (tertiary/aromatic N) is 4. The average molecular weight is 320 g/mol. The second-order valence-corrected chi connectivity index (χ2v) is 6.39. The molecule has 3 rings (SSSR count). The van der Waals surface area contributed by atoms with Gasteiger partial charge in [-0.3, -0.25) is 4.79 Å². The van der Waals surface area contributed by atoms with E-state index in [1.807, 2.05) is 23.3 Å². The van der Waals surface area contributed by atoms with E-state index in [0.717, 1.165) is 30.9 Å². The second kappa shape index (κ2) is 6.58. The Morgan fingerprint density at radius 1 is 1.45 bits per heavy atom. The van der Waals surface area contributed by atoms with Gasteiger partial charge >= 0.3 is 0 Å². The molecule has 0 spiro atoms. The maximum absolute atomic E-state index is 11.8. The van der Waals surface area contributed by atoms with Crippen molar-refractivity contribution in [3.8, 4) is 0 Å². The smallest absolute Gasteiger partial charge is 0.251 e. The summed E-state index contributed by atoms with van der Waals surface area (Å²) in [6.07, 6.45) is 4.67. The van der Waals surface area contributed by atoms with Crippen LogP contribution in [0.2, 0.25) is 0 Å². The number of rotatable bonds is 4. The summed E-state index contributed by atoms with van der Waals surface area (Å²) in [6, 6.07) is 0. The number of carbonyl (C=O) groups excluding carboxylic acids is 1. The molecule has 0 radical (unpaired) electrons. The molecule has 3 heterocycles. The molecule has 2 aromatic heterocycles. The molecule has 0 aromatic carbocycles. The van der Waals surface area contributed by atoms with Gasteiger partial charge in [0.2, 0.25) is 0 Å². The third-order valence-electron chi connectivity index (χ3n) is 4.09. The highest BCUT2D eigenvalue weighted by atomic mass is 32.1. The second-order valence-electron chi connectivity index (χ2n) is 5.67. The molecule has 0 saturated carbocycles. The molecule has 22 heavy (non-hydrogen) atoms. The summed E-state index contributed by atoms with van der Waals surface area (Å²) in [6.45, 7) is 3.62. The van der Waals surface area contributed by atoms with Crippen molar-refractivity contribution >= 4 is 17.2 Å². The minimum absolute atomic E-state index is 0.177. The van der Waals surface area contributed by atoms with Gasteiger partial charge in [-0.15, -0.1) is 11.3 Å². The van der Waals surface area contributed by atoms with Crippen LogP contribution in [0.25, 0.3) is 0 Å². The molecule has 1 aliphatic heterocycles. The normalized spacial score (nSPS) is 17.6. The van der Waals surface area contributed by atoms with Gasteiger partial charge in [0.1, 0.15) is 11.9 Å². The lowest BCUT2D eigenvalue weighted by molar-refractivity contribution is -0.140. The largest absolute Gasteiger partial charge is 0.384 e. The molecule has 1 aliphatic rings. The zero-order chi connectivity index (χ0) is 15.5. The molecule has 1 fully saturated rings. The first-order valence-electron chi connectivity index (χ1n) is 7.50. The summed E-state index contributed by atoms with van der Waals surface area (Å²) < 4.78 is 2.14. The van der Waals surface area contributed by atoms with E-state index in [1.54, 1.807) is 16.2 Å². The highest BCUT2D eigenvalue weighted by Crippen LogP contribution is 2.27. The van der Waals surface area contributed by atoms with Crippen molar-refractivity contribution < 1.29 is 9.90 Å². The Kier molecular flexibility index (Phi) is 4.54. The van der Waals surface area contributed by atoms with Crippen LogP contribution in [0.5, 0.6) is 0 Å². The van der Waals surface area contributed by atoms with Crippen LogP contribution in [-0.2, 0) is 11.3 Å². The molecule has 6 nitrogen and oxygen atoms in total. The number of imidazole rings is 1. The van der Waals surface area contributed by atoms with Gasteiger partial charge in [-0.25, -0.2) is 9.97 Å². The Hall–Kier alpha value is -1.73. The number of carbonyl (C=O) groups is 1. The molecule has 1 saturated heterocycles. The number of aliphatic hydroxyl groups is 1. The standard InChI is InChI=1S/C15H20N4O2S/c1-11(20)15(21)18-5-2-12(3-6-18)14-16-4-7-19(14)8-13-9-22-10-17-13/h4,7,9-12,20H,2-3,5-6,8H2,1H3/t11-/m1/s1. The molecule has 0 aliphatic carbocycles. The van der Waals surface area contributed by atoms with Crippen molar-refractivity contribution in [1.82, 2.24) is 19.4 Å². The molecule has 2 aromatic rings. The number of hydrogen-bond donors (Lipinski definition) is 1. The lowest BCUT2D eigenvalue weighted by atomic mass is 9.95. The van der Waals surface area contributed by atoms with Gasteiger partial charge in [0.05, 0.1) is 17.7 Å². The minimum atomic E-state index is -0.914. The topological polar surface area (TPSA) is 71.2 Å². The summed E-state index contributed by atoms with van der Waals surface area (Å²) in [5.41, 5.74) is 2.89. The summed E-state index contributed by atoms with van der Waals surface area (Å²) >= 11 is 1.60. The van der Waals surface area contributed by atoms with E-state index in [2.05, 4.69) is 14.5 Å². The van der Waals surface area contributed by atoms with Gasteiger partial charge < -0.3 is 14.6 Å². The fourth-order valence-electron chi connectivity index (χ4n) is 2.93. The van der Waals surface area contributed by atoms with Gasteiger partial charge in [-0.1, -0.05) is 0 Å². The molecule has 1 amide bonds. The van der Waals surface area contributed by atoms with Crippen molar-refractivity contribution in [2.45, 2.75) is 38.3 Å². The summed E-state index contributed by atoms with van der Waals surface area (Å²) in [4.78, 5) is 22.4. The van der Waals surface area contributed by atoms with Gasteiger partial charge in [-0.05, 0) is 19.8 Å². The first-order chi connectivity index (χ1) is 10.6. The zero-order valence-corrected chi connectivity index (χ0v) is 13.4. The van der Waals surface area contributed by atoms with E-state index in [-0.39, 0.29) is 5.91 Å². The molecule has 0 bridgehead atoms. The number of likely N-dealkylation sites (tertiary alicyclic amines) is 1. The van der Waals surface area contributed by atoms with Crippen LogP contribution < -0.4 is 0 Å². The third-order valence-corrected chi connectivity index (χ3v) is 4.73. The molecule has 118 valence electrons. The van der Waals surface area contributed by atoms with Gasteiger partial charge in [-0.2, -0.15) is 0 Å². The maximum Gasteiger partial charge on any atom is 0.251 e. The van der Waals surface area contributed by atoms with Gasteiger partial charge in [0.25, 0.3) is 5.91 Å². The Morgan fingerprint density at radius 3 is 2.86 bits per heavy atom. The number of aromatic nitrogens is 3. The molecule has 7 heteroatoms. The van der Waals surface area contributed by atoms with E-state index in [4.69, 9.17) is 0 Å². The predicted octanol–water partition coefficient (Wildman–Crippen LogP) is 1.47. The average Bonchev–Trinajstić information content (AvgIpc) is 3.19. The third kappa shape index (κ3) is 3.20. The monoisotopic (exact) mass is 320 g/mol. The van der Waals surface area contributed by atoms with E-state index in [0.29, 0.717) is 19.0 Å². The Morgan fingerprint density at radius 2 is 2.23 bits per heavy atom. The van der Waals surface area contributed by atoms with Crippen LogP contribution in [0.3, 0.4) is 0 Å². The zero-order valence-electron chi connectivity index (χ0n) is 12.6. The van der Waals surface area contributed by atoms with Crippen LogP contribution in [0.4, 0.5) is 0 Å². The van der Waals surface area contributed by atoms with Crippen LogP contribution >= 0.6 is 11.3 Å². The number of thiazole rings is 1. The van der Waals surface area contributed by atoms with E-state index < -0.39 is 6.10 Å². The maximum atomic E-state index is 11.8. The van der Waals surface area contributed by atoms with Crippen LogP contribution in [0.1, 0.15) is 37.2 Å². The molecular weight excluding hydrogens is 300 g/mol. The summed E-state index contributed by atoms with van der Waals surface area (Å²) in [5, 5.41) is 11.4. The summed E-state index contributed by atoms with van der Waals surface area (Å²) in [5.74, 6) is 1.24.